The largest absolute Gasteiger partial charge is 0.462 e. The van der Waals surface area contributed by atoms with E-state index in [4.69, 9.17) is 18.5 Å². The molecule has 0 bridgehead atoms. The number of aromatic nitrogens is 2. The lowest BCUT2D eigenvalue weighted by atomic mass is 9.97. The van der Waals surface area contributed by atoms with Crippen molar-refractivity contribution in [2.24, 2.45) is 0 Å². The molecule has 1 aliphatic heterocycles. The number of halogens is 2. The highest BCUT2D eigenvalue weighted by Gasteiger charge is 2.65. The van der Waals surface area contributed by atoms with Crippen molar-refractivity contribution in [2.45, 2.75) is 63.7 Å². The average Bonchev–Trinajstić information content (AvgIpc) is 2.98. The number of hydrogen-bond donors (Lipinski definition) is 3. The molecule has 0 amide bonds. The van der Waals surface area contributed by atoms with Crippen LogP contribution < -0.4 is 20.9 Å². The molecule has 6 atom stereocenters. The first-order valence-corrected chi connectivity index (χ1v) is 12.7. The molecule has 3 N–H and O–H groups in total. The Bertz CT molecular complexity index is 1270. The molecule has 0 aliphatic carbocycles. The van der Waals surface area contributed by atoms with Crippen LogP contribution >= 0.6 is 7.75 Å². The fourth-order valence-corrected chi connectivity index (χ4v) is 4.99. The number of hydrogen-bond acceptors (Lipinski definition) is 9. The van der Waals surface area contributed by atoms with Crippen molar-refractivity contribution in [1.29, 1.82) is 0 Å². The van der Waals surface area contributed by atoms with Gasteiger partial charge in [-0.25, -0.2) is 18.1 Å². The van der Waals surface area contributed by atoms with Crippen LogP contribution in [0.4, 0.5) is 8.78 Å². The summed E-state index contributed by atoms with van der Waals surface area (Å²) in [6.45, 7) is 3.95. The lowest BCUT2D eigenvalue weighted by Crippen LogP contribution is -2.47. The molecule has 1 aliphatic rings. The molecule has 2 aromatic rings. The van der Waals surface area contributed by atoms with Crippen LogP contribution in [-0.4, -0.2) is 57.0 Å². The number of carbonyl (C=O) groups is 1. The molecule has 15 heteroatoms. The minimum absolute atomic E-state index is 0.0246. The Morgan fingerprint density at radius 3 is 2.49 bits per heavy atom. The molecule has 204 valence electrons. The van der Waals surface area contributed by atoms with Crippen LogP contribution in [0.5, 0.6) is 5.75 Å². The predicted octanol–water partition coefficient (Wildman–Crippen LogP) is 1.95. The van der Waals surface area contributed by atoms with Gasteiger partial charge in [-0.15, -0.1) is 0 Å². The maximum Gasteiger partial charge on any atom is 0.459 e. The number of H-pyrrole nitrogens is 1. The first-order valence-electron chi connectivity index (χ1n) is 11.2. The van der Waals surface area contributed by atoms with Crippen molar-refractivity contribution in [3.8, 4) is 5.75 Å². The number of esters is 1. The van der Waals surface area contributed by atoms with E-state index < -0.39 is 67.6 Å². The van der Waals surface area contributed by atoms with E-state index in [0.29, 0.717) is 4.57 Å². The quantitative estimate of drug-likeness (QED) is 0.297. The second-order valence-electron chi connectivity index (χ2n) is 8.84. The fraction of sp³-hybridized carbons (Fsp3) is 0.500. The van der Waals surface area contributed by atoms with Crippen LogP contribution in [0.25, 0.3) is 0 Å². The molecule has 0 saturated carbocycles. The second kappa shape index (κ2) is 10.8. The molecule has 12 nitrogen and oxygen atoms in total. The number of alkyl halides is 2. The van der Waals surface area contributed by atoms with Crippen LogP contribution in [0.3, 0.4) is 0 Å². The fourth-order valence-electron chi connectivity index (χ4n) is 3.48. The summed E-state index contributed by atoms with van der Waals surface area (Å²) >= 11 is 0. The smallest absolute Gasteiger partial charge is 0.459 e. The van der Waals surface area contributed by atoms with E-state index in [9.17, 15) is 24.1 Å². The standard InChI is InChI=1S/C22H28F2N3O9P/c1-13(2)34-17(29)14(3)26-37(32,36-15-8-6-5-7-9-15)33-12-22(24)18(30)21(4,23)19(35-22)27-11-10-16(28)25-20(27)31/h5-11,13-14,18-19,30H,12H2,1-4H3,(H,26,32)(H,25,28,31)/t14-,18-,19+,21+,22+,37+/m0/s1. The molecule has 0 radical (unpaired) electrons. The number of carbonyl (C=O) groups excluding carboxylic acids is 1. The lowest BCUT2D eigenvalue weighted by molar-refractivity contribution is -0.204. The Kier molecular flexibility index (Phi) is 8.40. The molecular weight excluding hydrogens is 519 g/mol. The summed E-state index contributed by atoms with van der Waals surface area (Å²) in [6, 6.07) is 7.22. The topological polar surface area (TPSA) is 158 Å². The number of nitrogens with one attached hydrogen (secondary N) is 2. The number of benzene rings is 1. The third-order valence-electron chi connectivity index (χ3n) is 5.29. The SMILES string of the molecule is CC(C)OC(=O)[C@H](C)N[P@@](=O)(OC[C@@]1(F)O[C@@H](n2ccc(=O)[nH]c2=O)[C@](C)(F)[C@@H]1O)Oc1ccccc1. The van der Waals surface area contributed by atoms with Crippen LogP contribution in [0, 0.1) is 0 Å². The van der Waals surface area contributed by atoms with E-state index in [1.54, 1.807) is 32.0 Å². The minimum atomic E-state index is -4.59. The van der Waals surface area contributed by atoms with E-state index >= 15 is 8.78 Å². The van der Waals surface area contributed by atoms with Gasteiger partial charge in [0.05, 0.1) is 6.10 Å². The number of nitrogens with zero attached hydrogens (tertiary/aromatic N) is 1. The van der Waals surface area contributed by atoms with Gasteiger partial charge in [-0.3, -0.25) is 23.7 Å². The van der Waals surface area contributed by atoms with E-state index in [-0.39, 0.29) is 5.75 Å². The summed E-state index contributed by atoms with van der Waals surface area (Å²) in [5, 5.41) is 12.8. The predicted molar refractivity (Wildman–Crippen MR) is 125 cm³/mol. The molecule has 37 heavy (non-hydrogen) atoms. The Morgan fingerprint density at radius 2 is 1.89 bits per heavy atom. The minimum Gasteiger partial charge on any atom is -0.462 e. The number of para-hydroxylation sites is 1. The summed E-state index contributed by atoms with van der Waals surface area (Å²) in [5.74, 6) is -4.11. The van der Waals surface area contributed by atoms with Gasteiger partial charge in [0, 0.05) is 12.3 Å². The van der Waals surface area contributed by atoms with Crippen molar-refractivity contribution in [2.75, 3.05) is 6.61 Å². The van der Waals surface area contributed by atoms with Crippen molar-refractivity contribution >= 4 is 13.7 Å². The number of rotatable bonds is 10. The van der Waals surface area contributed by atoms with Gasteiger partial charge in [-0.1, -0.05) is 18.2 Å². The zero-order chi connectivity index (χ0) is 27.6. The van der Waals surface area contributed by atoms with E-state index in [1.165, 1.54) is 19.1 Å². The van der Waals surface area contributed by atoms with Crippen molar-refractivity contribution in [1.82, 2.24) is 14.6 Å². The molecule has 1 aromatic carbocycles. The van der Waals surface area contributed by atoms with Crippen LogP contribution in [0.15, 0.2) is 52.2 Å². The van der Waals surface area contributed by atoms with Gasteiger partial charge in [0.25, 0.3) is 11.4 Å². The Hall–Kier alpha value is -2.90. The van der Waals surface area contributed by atoms with Gasteiger partial charge < -0.3 is 19.1 Å². The molecule has 3 rings (SSSR count). The van der Waals surface area contributed by atoms with Gasteiger partial charge in [0.15, 0.2) is 18.0 Å². The normalized spacial score (nSPS) is 28.0. The monoisotopic (exact) mass is 547 g/mol. The summed E-state index contributed by atoms with van der Waals surface area (Å²) in [4.78, 5) is 37.6. The highest BCUT2D eigenvalue weighted by atomic mass is 31.2. The molecule has 1 aromatic heterocycles. The number of aromatic amines is 1. The Morgan fingerprint density at radius 1 is 1.24 bits per heavy atom. The molecule has 2 heterocycles. The number of aliphatic hydroxyl groups excluding tert-OH is 1. The highest BCUT2D eigenvalue weighted by Crippen LogP contribution is 2.51. The van der Waals surface area contributed by atoms with Crippen LogP contribution in [0.2, 0.25) is 0 Å². The highest BCUT2D eigenvalue weighted by molar-refractivity contribution is 7.52. The van der Waals surface area contributed by atoms with Crippen molar-refractivity contribution in [3.63, 3.8) is 0 Å². The first kappa shape index (κ1) is 28.7. The Balaban J connectivity index is 1.86. The van der Waals surface area contributed by atoms with Gasteiger partial charge in [0.2, 0.25) is 0 Å². The summed E-state index contributed by atoms with van der Waals surface area (Å²) < 4.78 is 66.0. The molecular formula is C22H28F2N3O9P. The van der Waals surface area contributed by atoms with Gasteiger partial charge in [0.1, 0.15) is 18.4 Å². The summed E-state index contributed by atoms with van der Waals surface area (Å²) in [6.07, 6.45) is -4.17. The summed E-state index contributed by atoms with van der Waals surface area (Å²) in [5.41, 5.74) is -4.80. The Labute approximate surface area is 210 Å². The second-order valence-corrected chi connectivity index (χ2v) is 10.5. The molecule has 1 saturated heterocycles. The van der Waals surface area contributed by atoms with Crippen molar-refractivity contribution in [3.05, 3.63) is 63.4 Å². The van der Waals surface area contributed by atoms with Crippen LogP contribution in [0.1, 0.15) is 33.9 Å². The number of ether oxygens (including phenoxy) is 2. The molecule has 1 fully saturated rings. The van der Waals surface area contributed by atoms with E-state index in [2.05, 4.69) is 5.09 Å². The maximum atomic E-state index is 15.8. The first-order chi connectivity index (χ1) is 17.2. The third-order valence-corrected chi connectivity index (χ3v) is 6.92. The van der Waals surface area contributed by atoms with Crippen molar-refractivity contribution < 1.29 is 41.8 Å². The van der Waals surface area contributed by atoms with Gasteiger partial charge >= 0.3 is 19.4 Å². The molecule has 0 unspecified atom stereocenters. The van der Waals surface area contributed by atoms with E-state index in [0.717, 1.165) is 19.2 Å². The zero-order valence-corrected chi connectivity index (χ0v) is 21.3. The van der Waals surface area contributed by atoms with Gasteiger partial charge in [-0.2, -0.15) is 5.09 Å². The third kappa shape index (κ3) is 6.51. The summed E-state index contributed by atoms with van der Waals surface area (Å²) in [7, 11) is -4.59. The maximum absolute atomic E-state index is 15.8. The van der Waals surface area contributed by atoms with Crippen LogP contribution in [-0.2, 0) is 23.4 Å². The number of aliphatic hydroxyl groups is 1. The zero-order valence-electron chi connectivity index (χ0n) is 20.4. The lowest BCUT2D eigenvalue weighted by Gasteiger charge is -2.28. The molecule has 0 spiro atoms. The van der Waals surface area contributed by atoms with Gasteiger partial charge in [-0.05, 0) is 39.8 Å². The average molecular weight is 547 g/mol. The van der Waals surface area contributed by atoms with E-state index in [1.807, 2.05) is 4.98 Å².